The van der Waals surface area contributed by atoms with Gasteiger partial charge in [0, 0.05) is 25.2 Å². The minimum atomic E-state index is -0.703. The molecule has 0 amide bonds. The van der Waals surface area contributed by atoms with Gasteiger partial charge < -0.3 is 15.0 Å². The number of hydrogen-bond acceptors (Lipinski definition) is 5. The summed E-state index contributed by atoms with van der Waals surface area (Å²) in [5.74, 6) is -0.000374. The van der Waals surface area contributed by atoms with Crippen molar-refractivity contribution >= 4 is 11.8 Å². The van der Waals surface area contributed by atoms with Crippen LogP contribution in [0, 0.1) is 0 Å². The van der Waals surface area contributed by atoms with Gasteiger partial charge in [-0.15, -0.1) is 0 Å². The number of likely N-dealkylation sites (tertiary alicyclic amines) is 1. The highest BCUT2D eigenvalue weighted by atomic mass is 16.4. The van der Waals surface area contributed by atoms with Gasteiger partial charge in [0.1, 0.15) is 11.9 Å². The summed E-state index contributed by atoms with van der Waals surface area (Å²) in [6.45, 7) is 2.50. The molecule has 1 aromatic heterocycles. The summed E-state index contributed by atoms with van der Waals surface area (Å²) in [6.07, 6.45) is 4.97. The molecule has 1 unspecified atom stereocenters. The summed E-state index contributed by atoms with van der Waals surface area (Å²) < 4.78 is 0. The second-order valence-electron chi connectivity index (χ2n) is 5.72. The summed E-state index contributed by atoms with van der Waals surface area (Å²) in [6, 6.07) is 1.52. The molecule has 0 spiro atoms. The highest BCUT2D eigenvalue weighted by Gasteiger charge is 2.36. The van der Waals surface area contributed by atoms with E-state index in [9.17, 15) is 14.7 Å². The Bertz CT molecular complexity index is 565. The van der Waals surface area contributed by atoms with Crippen LogP contribution in [-0.4, -0.2) is 57.7 Å². The van der Waals surface area contributed by atoms with E-state index >= 15 is 0 Å². The monoisotopic (exact) mass is 292 g/mol. The van der Waals surface area contributed by atoms with E-state index in [0.29, 0.717) is 11.9 Å². The van der Waals surface area contributed by atoms with Crippen molar-refractivity contribution in [2.45, 2.75) is 37.8 Å². The third-order valence-electron chi connectivity index (χ3n) is 4.50. The number of aliphatic carboxylic acids is 1. The molecule has 2 fully saturated rings. The fourth-order valence-electron chi connectivity index (χ4n) is 3.45. The van der Waals surface area contributed by atoms with Crippen LogP contribution in [-0.2, 0) is 4.79 Å². The Labute approximate surface area is 122 Å². The Morgan fingerprint density at radius 3 is 2.71 bits per heavy atom. The van der Waals surface area contributed by atoms with E-state index in [-0.39, 0.29) is 11.6 Å². The molecule has 2 N–H and O–H groups in total. The van der Waals surface area contributed by atoms with Crippen molar-refractivity contribution in [3.63, 3.8) is 0 Å². The second kappa shape index (κ2) is 5.85. The maximum atomic E-state index is 11.3. The number of anilines is 1. The van der Waals surface area contributed by atoms with Crippen molar-refractivity contribution in [3.05, 3.63) is 22.7 Å². The van der Waals surface area contributed by atoms with E-state index in [1.54, 1.807) is 0 Å². The van der Waals surface area contributed by atoms with Crippen molar-refractivity contribution in [1.29, 1.82) is 0 Å². The van der Waals surface area contributed by atoms with Crippen LogP contribution >= 0.6 is 0 Å². The van der Waals surface area contributed by atoms with Gasteiger partial charge in [0.05, 0.1) is 6.33 Å². The van der Waals surface area contributed by atoms with Crippen LogP contribution in [0.25, 0.3) is 0 Å². The van der Waals surface area contributed by atoms with E-state index in [0.717, 1.165) is 45.3 Å². The average molecular weight is 292 g/mol. The lowest BCUT2D eigenvalue weighted by Gasteiger charge is -2.38. The molecule has 21 heavy (non-hydrogen) atoms. The highest BCUT2D eigenvalue weighted by molar-refractivity contribution is 5.73. The average Bonchev–Trinajstić information content (AvgIpc) is 2.97. The molecule has 0 aromatic carbocycles. The molecule has 7 heteroatoms. The van der Waals surface area contributed by atoms with Crippen LogP contribution in [0.1, 0.15) is 25.7 Å². The third-order valence-corrected chi connectivity index (χ3v) is 4.50. The van der Waals surface area contributed by atoms with Gasteiger partial charge in [-0.05, 0) is 32.2 Å². The molecule has 7 nitrogen and oxygen atoms in total. The van der Waals surface area contributed by atoms with E-state index < -0.39 is 5.97 Å². The SMILES string of the molecule is O=C(O)C1CCCN1C1CCN(c2cc(=O)[nH]cn2)CC1. The minimum Gasteiger partial charge on any atom is -0.480 e. The lowest BCUT2D eigenvalue weighted by molar-refractivity contribution is -0.143. The van der Waals surface area contributed by atoms with Crippen molar-refractivity contribution < 1.29 is 9.90 Å². The maximum absolute atomic E-state index is 11.3. The number of nitrogens with one attached hydrogen (secondary N) is 1. The molecule has 0 aliphatic carbocycles. The molecule has 2 aliphatic heterocycles. The maximum Gasteiger partial charge on any atom is 0.320 e. The number of aromatic nitrogens is 2. The zero-order chi connectivity index (χ0) is 14.8. The van der Waals surface area contributed by atoms with Crippen LogP contribution in [0.3, 0.4) is 0 Å². The van der Waals surface area contributed by atoms with E-state index in [1.807, 2.05) is 0 Å². The molecule has 0 radical (unpaired) electrons. The standard InChI is InChI=1S/C14H20N4O3/c19-13-8-12(15-9-16-13)17-6-3-10(4-7-17)18-5-1-2-11(18)14(20)21/h8-11H,1-7H2,(H,20,21)(H,15,16,19). The topological polar surface area (TPSA) is 89.5 Å². The first-order valence-electron chi connectivity index (χ1n) is 7.43. The lowest BCUT2D eigenvalue weighted by atomic mass is 10.0. The predicted octanol–water partition coefficient (Wildman–Crippen LogP) is 0.288. The number of nitrogens with zero attached hydrogens (tertiary/aromatic N) is 3. The van der Waals surface area contributed by atoms with Gasteiger partial charge in [-0.3, -0.25) is 14.5 Å². The van der Waals surface area contributed by atoms with Crippen LogP contribution < -0.4 is 10.5 Å². The first-order chi connectivity index (χ1) is 10.1. The Hall–Kier alpha value is -1.89. The Balaban J connectivity index is 1.63. The highest BCUT2D eigenvalue weighted by Crippen LogP contribution is 2.27. The van der Waals surface area contributed by atoms with Crippen LogP contribution in [0.2, 0.25) is 0 Å². The summed E-state index contributed by atoms with van der Waals surface area (Å²) in [4.78, 5) is 33.6. The van der Waals surface area contributed by atoms with Gasteiger partial charge in [-0.2, -0.15) is 0 Å². The fraction of sp³-hybridized carbons (Fsp3) is 0.643. The largest absolute Gasteiger partial charge is 0.480 e. The normalized spacial score (nSPS) is 24.4. The summed E-state index contributed by atoms with van der Waals surface area (Å²) in [7, 11) is 0. The van der Waals surface area contributed by atoms with Crippen molar-refractivity contribution in [3.8, 4) is 0 Å². The minimum absolute atomic E-state index is 0.146. The van der Waals surface area contributed by atoms with Crippen molar-refractivity contribution in [1.82, 2.24) is 14.9 Å². The number of carboxylic acids is 1. The van der Waals surface area contributed by atoms with E-state index in [2.05, 4.69) is 19.8 Å². The second-order valence-corrected chi connectivity index (χ2v) is 5.72. The number of aromatic amines is 1. The van der Waals surface area contributed by atoms with Gasteiger partial charge >= 0.3 is 5.97 Å². The molecular formula is C14H20N4O3. The number of carbonyl (C=O) groups is 1. The molecular weight excluding hydrogens is 272 g/mol. The number of rotatable bonds is 3. The quantitative estimate of drug-likeness (QED) is 0.832. The first kappa shape index (κ1) is 14.1. The molecule has 2 saturated heterocycles. The third kappa shape index (κ3) is 2.92. The summed E-state index contributed by atoms with van der Waals surface area (Å²) in [5.41, 5.74) is -0.146. The van der Waals surface area contributed by atoms with Crippen molar-refractivity contribution in [2.75, 3.05) is 24.5 Å². The number of carboxylic acid groups (broad SMARTS) is 1. The Morgan fingerprint density at radius 2 is 2.05 bits per heavy atom. The van der Waals surface area contributed by atoms with Gasteiger partial charge in [-0.1, -0.05) is 0 Å². The molecule has 1 atom stereocenters. The molecule has 0 saturated carbocycles. The predicted molar refractivity (Wildman–Crippen MR) is 77.5 cm³/mol. The number of piperidine rings is 1. The molecule has 3 heterocycles. The van der Waals surface area contributed by atoms with Gasteiger partial charge in [0.2, 0.25) is 0 Å². The van der Waals surface area contributed by atoms with Gasteiger partial charge in [0.15, 0.2) is 0 Å². The Morgan fingerprint density at radius 1 is 1.29 bits per heavy atom. The lowest BCUT2D eigenvalue weighted by Crippen LogP contribution is -2.49. The molecule has 3 rings (SSSR count). The molecule has 2 aliphatic rings. The van der Waals surface area contributed by atoms with Crippen LogP contribution in [0.4, 0.5) is 5.82 Å². The van der Waals surface area contributed by atoms with Crippen LogP contribution in [0.15, 0.2) is 17.2 Å². The van der Waals surface area contributed by atoms with Crippen molar-refractivity contribution in [2.24, 2.45) is 0 Å². The van der Waals surface area contributed by atoms with Gasteiger partial charge in [-0.25, -0.2) is 4.98 Å². The number of hydrogen-bond donors (Lipinski definition) is 2. The molecule has 0 bridgehead atoms. The fourth-order valence-corrected chi connectivity index (χ4v) is 3.45. The Kier molecular flexibility index (Phi) is 3.92. The summed E-state index contributed by atoms with van der Waals surface area (Å²) >= 11 is 0. The molecule has 1 aromatic rings. The van der Waals surface area contributed by atoms with E-state index in [1.165, 1.54) is 12.4 Å². The first-order valence-corrected chi connectivity index (χ1v) is 7.43. The zero-order valence-electron chi connectivity index (χ0n) is 11.9. The smallest absolute Gasteiger partial charge is 0.320 e. The number of H-pyrrole nitrogens is 1. The zero-order valence-corrected chi connectivity index (χ0v) is 11.9. The van der Waals surface area contributed by atoms with Gasteiger partial charge in [0.25, 0.3) is 5.56 Å². The van der Waals surface area contributed by atoms with E-state index in [4.69, 9.17) is 0 Å². The van der Waals surface area contributed by atoms with Crippen LogP contribution in [0.5, 0.6) is 0 Å². The summed E-state index contributed by atoms with van der Waals surface area (Å²) in [5, 5.41) is 9.27. The molecule has 114 valence electrons.